The van der Waals surface area contributed by atoms with Crippen molar-refractivity contribution in [2.75, 3.05) is 0 Å². The van der Waals surface area contributed by atoms with Crippen LogP contribution in [0.25, 0.3) is 0 Å². The number of aliphatic carboxylic acids is 1. The average molecular weight is 289 g/mol. The van der Waals surface area contributed by atoms with Crippen LogP contribution in [-0.2, 0) is 9.36 Å². The van der Waals surface area contributed by atoms with Gasteiger partial charge in [-0.05, 0) is 31.2 Å². The third-order valence-electron chi connectivity index (χ3n) is 2.99. The molecule has 1 atom stereocenters. The molecule has 104 valence electrons. The molecule has 0 radical (unpaired) electrons. The van der Waals surface area contributed by atoms with Gasteiger partial charge >= 0.3 is 5.97 Å². The van der Waals surface area contributed by atoms with E-state index in [4.69, 9.17) is 5.11 Å². The van der Waals surface area contributed by atoms with E-state index in [-0.39, 0.29) is 0 Å². The van der Waals surface area contributed by atoms with Gasteiger partial charge in [-0.1, -0.05) is 36.4 Å². The van der Waals surface area contributed by atoms with Crippen molar-refractivity contribution in [3.05, 3.63) is 60.7 Å². The summed E-state index contributed by atoms with van der Waals surface area (Å²) in [5.74, 6) is -1.03. The standard InChI is InChI=1S/C15H16NO3P/c1-12(15(17)18)16-20(19,13-8-4-2-5-9-13)14-10-6-3-7-11-14/h2-12H,1H3,(H,16,19)(H,17,18)/t12-/m0/s1. The molecule has 0 aromatic heterocycles. The average Bonchev–Trinajstić information content (AvgIpc) is 2.48. The zero-order chi connectivity index (χ0) is 14.6. The van der Waals surface area contributed by atoms with Crippen molar-refractivity contribution in [1.82, 2.24) is 5.09 Å². The van der Waals surface area contributed by atoms with Gasteiger partial charge in [-0.2, -0.15) is 0 Å². The van der Waals surface area contributed by atoms with Gasteiger partial charge in [0.15, 0.2) is 0 Å². The van der Waals surface area contributed by atoms with Gasteiger partial charge < -0.3 is 5.11 Å². The van der Waals surface area contributed by atoms with Crippen molar-refractivity contribution in [2.45, 2.75) is 13.0 Å². The van der Waals surface area contributed by atoms with Crippen molar-refractivity contribution in [2.24, 2.45) is 0 Å². The number of carbonyl (C=O) groups is 1. The van der Waals surface area contributed by atoms with Gasteiger partial charge in [-0.3, -0.25) is 9.36 Å². The number of hydrogen-bond donors (Lipinski definition) is 2. The summed E-state index contributed by atoms with van der Waals surface area (Å²) in [6.07, 6.45) is 0. The van der Waals surface area contributed by atoms with Gasteiger partial charge in [0.1, 0.15) is 6.04 Å². The van der Waals surface area contributed by atoms with Crippen LogP contribution in [0.1, 0.15) is 6.92 Å². The zero-order valence-corrected chi connectivity index (χ0v) is 12.0. The highest BCUT2D eigenvalue weighted by molar-refractivity contribution is 7.77. The molecule has 5 heteroatoms. The Morgan fingerprint density at radius 2 is 1.40 bits per heavy atom. The fraction of sp³-hybridized carbons (Fsp3) is 0.133. The van der Waals surface area contributed by atoms with Crippen LogP contribution < -0.4 is 15.7 Å². The molecular weight excluding hydrogens is 273 g/mol. The van der Waals surface area contributed by atoms with Crippen LogP contribution >= 0.6 is 7.29 Å². The molecular formula is C15H16NO3P. The Balaban J connectivity index is 2.50. The van der Waals surface area contributed by atoms with Gasteiger partial charge in [0.25, 0.3) is 0 Å². The lowest BCUT2D eigenvalue weighted by Crippen LogP contribution is -2.38. The van der Waals surface area contributed by atoms with Crippen LogP contribution in [0.4, 0.5) is 0 Å². The zero-order valence-electron chi connectivity index (χ0n) is 11.1. The molecule has 0 aliphatic heterocycles. The van der Waals surface area contributed by atoms with Gasteiger partial charge in [0, 0.05) is 10.6 Å². The summed E-state index contributed by atoms with van der Waals surface area (Å²) in [6, 6.07) is 16.9. The minimum Gasteiger partial charge on any atom is -0.480 e. The van der Waals surface area contributed by atoms with Crippen LogP contribution in [0, 0.1) is 0 Å². The quantitative estimate of drug-likeness (QED) is 0.826. The van der Waals surface area contributed by atoms with E-state index < -0.39 is 19.3 Å². The predicted octanol–water partition coefficient (Wildman–Crippen LogP) is 1.98. The molecule has 0 spiro atoms. The summed E-state index contributed by atoms with van der Waals surface area (Å²) in [5.41, 5.74) is 0. The van der Waals surface area contributed by atoms with Crippen LogP contribution in [0.3, 0.4) is 0 Å². The molecule has 2 rings (SSSR count). The molecule has 2 N–H and O–H groups in total. The molecule has 0 fully saturated rings. The Morgan fingerprint density at radius 1 is 1.00 bits per heavy atom. The molecule has 0 heterocycles. The maximum Gasteiger partial charge on any atom is 0.320 e. The third-order valence-corrected chi connectivity index (χ3v) is 5.79. The Hall–Kier alpha value is -1.90. The number of carboxylic acid groups (broad SMARTS) is 1. The lowest BCUT2D eigenvalue weighted by Gasteiger charge is -2.22. The minimum atomic E-state index is -3.16. The largest absolute Gasteiger partial charge is 0.480 e. The summed E-state index contributed by atoms with van der Waals surface area (Å²) >= 11 is 0. The highest BCUT2D eigenvalue weighted by atomic mass is 31.2. The van der Waals surface area contributed by atoms with Crippen molar-refractivity contribution in [3.63, 3.8) is 0 Å². The maximum atomic E-state index is 13.4. The lowest BCUT2D eigenvalue weighted by molar-refractivity contribution is -0.138. The second-order valence-electron chi connectivity index (χ2n) is 4.47. The Morgan fingerprint density at radius 3 is 1.75 bits per heavy atom. The van der Waals surface area contributed by atoms with E-state index in [2.05, 4.69) is 5.09 Å². The highest BCUT2D eigenvalue weighted by Gasteiger charge is 2.30. The van der Waals surface area contributed by atoms with Crippen molar-refractivity contribution < 1.29 is 14.5 Å². The number of benzene rings is 2. The Labute approximate surface area is 117 Å². The van der Waals surface area contributed by atoms with Crippen LogP contribution in [0.15, 0.2) is 60.7 Å². The van der Waals surface area contributed by atoms with E-state index in [0.29, 0.717) is 10.6 Å². The van der Waals surface area contributed by atoms with E-state index in [0.717, 1.165) is 0 Å². The summed E-state index contributed by atoms with van der Waals surface area (Å²) < 4.78 is 13.4. The van der Waals surface area contributed by atoms with E-state index in [1.165, 1.54) is 6.92 Å². The Bertz CT molecular complexity index is 585. The Kier molecular flexibility index (Phi) is 4.38. The van der Waals surface area contributed by atoms with Gasteiger partial charge in [0.05, 0.1) is 0 Å². The van der Waals surface area contributed by atoms with E-state index in [1.807, 2.05) is 12.1 Å². The van der Waals surface area contributed by atoms with Crippen molar-refractivity contribution in [1.29, 1.82) is 0 Å². The summed E-state index contributed by atoms with van der Waals surface area (Å²) in [5, 5.41) is 13.0. The number of nitrogens with one attached hydrogen (secondary N) is 1. The molecule has 2 aromatic carbocycles. The molecule has 2 aromatic rings. The minimum absolute atomic E-state index is 0.597. The van der Waals surface area contributed by atoms with Gasteiger partial charge in [-0.25, -0.2) is 5.09 Å². The first-order valence-corrected chi connectivity index (χ1v) is 7.96. The lowest BCUT2D eigenvalue weighted by atomic mass is 10.4. The van der Waals surface area contributed by atoms with Crippen LogP contribution in [0.5, 0.6) is 0 Å². The monoisotopic (exact) mass is 289 g/mol. The normalized spacial score (nSPS) is 12.8. The van der Waals surface area contributed by atoms with Crippen molar-refractivity contribution in [3.8, 4) is 0 Å². The first-order valence-electron chi connectivity index (χ1n) is 6.26. The van der Waals surface area contributed by atoms with E-state index in [9.17, 15) is 9.36 Å². The fourth-order valence-corrected chi connectivity index (χ4v) is 4.34. The number of hydrogen-bond acceptors (Lipinski definition) is 2. The molecule has 0 saturated heterocycles. The van der Waals surface area contributed by atoms with Crippen molar-refractivity contribution >= 4 is 23.9 Å². The topological polar surface area (TPSA) is 66.4 Å². The SMILES string of the molecule is C[C@H](NP(=O)(c1ccccc1)c1ccccc1)C(=O)O. The van der Waals surface area contributed by atoms with Crippen LogP contribution in [-0.4, -0.2) is 17.1 Å². The van der Waals surface area contributed by atoms with Crippen LogP contribution in [0.2, 0.25) is 0 Å². The molecule has 4 nitrogen and oxygen atoms in total. The maximum absolute atomic E-state index is 13.4. The first-order chi connectivity index (χ1) is 9.54. The molecule has 0 aliphatic rings. The van der Waals surface area contributed by atoms with Gasteiger partial charge in [-0.15, -0.1) is 0 Å². The molecule has 0 bridgehead atoms. The number of rotatable bonds is 5. The predicted molar refractivity (Wildman–Crippen MR) is 80.0 cm³/mol. The van der Waals surface area contributed by atoms with E-state index in [1.54, 1.807) is 48.5 Å². The molecule has 0 saturated carbocycles. The first kappa shape index (κ1) is 14.5. The van der Waals surface area contributed by atoms with E-state index >= 15 is 0 Å². The third kappa shape index (κ3) is 2.98. The summed E-state index contributed by atoms with van der Waals surface area (Å²) in [6.45, 7) is 1.49. The second kappa shape index (κ2) is 6.04. The molecule has 0 amide bonds. The fourth-order valence-electron chi connectivity index (χ4n) is 1.90. The summed E-state index contributed by atoms with van der Waals surface area (Å²) in [7, 11) is -3.16. The molecule has 20 heavy (non-hydrogen) atoms. The van der Waals surface area contributed by atoms with Gasteiger partial charge in [0.2, 0.25) is 7.29 Å². The highest BCUT2D eigenvalue weighted by Crippen LogP contribution is 2.39. The smallest absolute Gasteiger partial charge is 0.320 e. The molecule has 0 unspecified atom stereocenters. The number of carboxylic acids is 1. The summed E-state index contributed by atoms with van der Waals surface area (Å²) in [4.78, 5) is 11.1. The second-order valence-corrected chi connectivity index (χ2v) is 6.98. The molecule has 0 aliphatic carbocycles.